The van der Waals surface area contributed by atoms with Crippen molar-refractivity contribution in [1.82, 2.24) is 5.32 Å². The second-order valence-electron chi connectivity index (χ2n) is 5.34. The Bertz CT molecular complexity index is 532. The van der Waals surface area contributed by atoms with Gasteiger partial charge in [-0.2, -0.15) is 0 Å². The van der Waals surface area contributed by atoms with Gasteiger partial charge in [0.25, 0.3) is 5.91 Å². The number of fused-ring (bicyclic) bond motifs is 1. The van der Waals surface area contributed by atoms with Crippen molar-refractivity contribution in [1.29, 1.82) is 0 Å². The van der Waals surface area contributed by atoms with Crippen LogP contribution in [-0.2, 0) is 4.79 Å². The number of para-hydroxylation sites is 1. The molecule has 1 aromatic carbocycles. The molecule has 1 aliphatic carbocycles. The molecule has 0 spiro atoms. The molecule has 0 radical (unpaired) electrons. The highest BCUT2D eigenvalue weighted by atomic mass is 16.5. The van der Waals surface area contributed by atoms with Crippen molar-refractivity contribution in [2.24, 2.45) is 5.41 Å². The number of carbonyl (C=O) groups excluding carboxylic acids is 1. The minimum atomic E-state index is -0.103. The highest BCUT2D eigenvalue weighted by molar-refractivity contribution is 5.99. The van der Waals surface area contributed by atoms with Gasteiger partial charge in [0.2, 0.25) is 0 Å². The zero-order chi connectivity index (χ0) is 13.3. The minimum absolute atomic E-state index is 0.0658. The van der Waals surface area contributed by atoms with E-state index in [-0.39, 0.29) is 17.9 Å². The summed E-state index contributed by atoms with van der Waals surface area (Å²) in [5, 5.41) is 12.1. The van der Waals surface area contributed by atoms with E-state index in [9.17, 15) is 9.90 Å². The van der Waals surface area contributed by atoms with Crippen molar-refractivity contribution in [3.05, 3.63) is 35.4 Å². The smallest absolute Gasteiger partial charge is 0.250 e. The first-order chi connectivity index (χ1) is 9.22. The van der Waals surface area contributed by atoms with Crippen molar-refractivity contribution >= 4 is 12.0 Å². The van der Waals surface area contributed by atoms with Gasteiger partial charge >= 0.3 is 0 Å². The molecule has 0 unspecified atom stereocenters. The van der Waals surface area contributed by atoms with E-state index >= 15 is 0 Å². The lowest BCUT2D eigenvalue weighted by Gasteiger charge is -2.19. The molecule has 1 amide bonds. The van der Waals surface area contributed by atoms with Crippen molar-refractivity contribution in [2.75, 3.05) is 19.8 Å². The average molecular weight is 259 g/mol. The number of hydrogen-bond donors (Lipinski definition) is 2. The number of ether oxygens (including phenoxy) is 1. The maximum atomic E-state index is 12.1. The summed E-state index contributed by atoms with van der Waals surface area (Å²) in [5.41, 5.74) is 1.50. The van der Waals surface area contributed by atoms with Gasteiger partial charge in [-0.15, -0.1) is 0 Å². The molecule has 0 atom stereocenters. The summed E-state index contributed by atoms with van der Waals surface area (Å²) in [7, 11) is 0. The molecular formula is C15H17NO3. The Balaban J connectivity index is 1.66. The van der Waals surface area contributed by atoms with E-state index < -0.39 is 0 Å². The van der Waals surface area contributed by atoms with Crippen LogP contribution in [0, 0.1) is 5.41 Å². The molecule has 4 heteroatoms. The fourth-order valence-electron chi connectivity index (χ4n) is 2.20. The van der Waals surface area contributed by atoms with Crippen molar-refractivity contribution in [3.8, 4) is 5.75 Å². The predicted molar refractivity (Wildman–Crippen MR) is 71.7 cm³/mol. The summed E-state index contributed by atoms with van der Waals surface area (Å²) in [4.78, 5) is 12.1. The van der Waals surface area contributed by atoms with Gasteiger partial charge in [0.05, 0.1) is 12.2 Å². The molecule has 3 rings (SSSR count). The van der Waals surface area contributed by atoms with E-state index in [4.69, 9.17) is 4.74 Å². The summed E-state index contributed by atoms with van der Waals surface area (Å²) in [6.07, 6.45) is 3.84. The first-order valence-electron chi connectivity index (χ1n) is 6.54. The number of benzene rings is 1. The Kier molecular flexibility index (Phi) is 3.03. The fraction of sp³-hybridized carbons (Fsp3) is 0.400. The van der Waals surface area contributed by atoms with Crippen LogP contribution in [0.4, 0.5) is 0 Å². The van der Waals surface area contributed by atoms with E-state index in [1.54, 1.807) is 0 Å². The number of rotatable bonds is 4. The molecule has 19 heavy (non-hydrogen) atoms. The van der Waals surface area contributed by atoms with Gasteiger partial charge in [-0.25, -0.2) is 0 Å². The lowest BCUT2D eigenvalue weighted by molar-refractivity contribution is -0.118. The highest BCUT2D eigenvalue weighted by Gasteiger charge is 2.42. The Morgan fingerprint density at radius 1 is 1.37 bits per heavy atom. The van der Waals surface area contributed by atoms with Gasteiger partial charge in [0.1, 0.15) is 12.4 Å². The monoisotopic (exact) mass is 259 g/mol. The van der Waals surface area contributed by atoms with Gasteiger partial charge in [0.15, 0.2) is 0 Å². The van der Waals surface area contributed by atoms with E-state index in [0.29, 0.717) is 18.7 Å². The molecule has 0 bridgehead atoms. The second kappa shape index (κ2) is 4.70. The van der Waals surface area contributed by atoms with Crippen LogP contribution < -0.4 is 10.1 Å². The summed E-state index contributed by atoms with van der Waals surface area (Å²) >= 11 is 0. The Hall–Kier alpha value is -1.81. The Morgan fingerprint density at radius 2 is 2.16 bits per heavy atom. The highest BCUT2D eigenvalue weighted by Crippen LogP contribution is 2.44. The molecule has 1 fully saturated rings. The van der Waals surface area contributed by atoms with Crippen LogP contribution in [0.2, 0.25) is 0 Å². The van der Waals surface area contributed by atoms with Gasteiger partial charge in [-0.05, 0) is 25.0 Å². The van der Waals surface area contributed by atoms with Crippen LogP contribution in [-0.4, -0.2) is 30.8 Å². The summed E-state index contributed by atoms with van der Waals surface area (Å²) in [5.74, 6) is 0.710. The first-order valence-corrected chi connectivity index (χ1v) is 6.54. The van der Waals surface area contributed by atoms with Crippen LogP contribution in [0.3, 0.4) is 0 Å². The van der Waals surface area contributed by atoms with E-state index in [2.05, 4.69) is 5.32 Å². The lowest BCUT2D eigenvalue weighted by Crippen LogP contribution is -2.34. The normalized spacial score (nSPS) is 18.9. The summed E-state index contributed by atoms with van der Waals surface area (Å²) < 4.78 is 5.55. The lowest BCUT2D eigenvalue weighted by atomic mass is 10.1. The molecule has 0 saturated heterocycles. The third-order valence-corrected chi connectivity index (χ3v) is 3.84. The van der Waals surface area contributed by atoms with Crippen LogP contribution in [0.15, 0.2) is 29.8 Å². The molecular weight excluding hydrogens is 242 g/mol. The quantitative estimate of drug-likeness (QED) is 0.858. The number of nitrogens with one attached hydrogen (secondary N) is 1. The minimum Gasteiger partial charge on any atom is -0.488 e. The standard InChI is InChI=1S/C15H17NO3/c17-10-15(5-6-15)9-16-14(18)12-7-11-3-1-2-4-13(11)19-8-12/h1-4,7,17H,5-6,8-10H2,(H,16,18). The van der Waals surface area contributed by atoms with Crippen LogP contribution >= 0.6 is 0 Å². The maximum Gasteiger partial charge on any atom is 0.250 e. The fourth-order valence-corrected chi connectivity index (χ4v) is 2.20. The molecule has 4 nitrogen and oxygen atoms in total. The van der Waals surface area contributed by atoms with Crippen LogP contribution in [0.25, 0.3) is 6.08 Å². The van der Waals surface area contributed by atoms with E-state index in [1.807, 2.05) is 30.3 Å². The van der Waals surface area contributed by atoms with Gasteiger partial charge in [0, 0.05) is 17.5 Å². The average Bonchev–Trinajstić information content (AvgIpc) is 3.25. The number of aliphatic hydroxyl groups is 1. The number of hydrogen-bond acceptors (Lipinski definition) is 3. The summed E-state index contributed by atoms with van der Waals surface area (Å²) in [6, 6.07) is 7.66. The van der Waals surface area contributed by atoms with Gasteiger partial charge in [-0.3, -0.25) is 4.79 Å². The molecule has 1 aromatic rings. The molecule has 1 saturated carbocycles. The Morgan fingerprint density at radius 3 is 2.89 bits per heavy atom. The van der Waals surface area contributed by atoms with Crippen molar-refractivity contribution in [3.63, 3.8) is 0 Å². The van der Waals surface area contributed by atoms with Gasteiger partial charge < -0.3 is 15.2 Å². The topological polar surface area (TPSA) is 58.6 Å². The molecule has 2 N–H and O–H groups in total. The zero-order valence-corrected chi connectivity index (χ0v) is 10.7. The van der Waals surface area contributed by atoms with E-state index in [0.717, 1.165) is 24.2 Å². The van der Waals surface area contributed by atoms with Gasteiger partial charge in [-0.1, -0.05) is 18.2 Å². The predicted octanol–water partition coefficient (Wildman–Crippen LogP) is 1.35. The number of carbonyl (C=O) groups is 1. The second-order valence-corrected chi connectivity index (χ2v) is 5.34. The van der Waals surface area contributed by atoms with E-state index in [1.165, 1.54) is 0 Å². The first kappa shape index (κ1) is 12.2. The van der Waals surface area contributed by atoms with Crippen LogP contribution in [0.5, 0.6) is 5.75 Å². The largest absolute Gasteiger partial charge is 0.488 e. The number of amides is 1. The van der Waals surface area contributed by atoms with Crippen molar-refractivity contribution < 1.29 is 14.6 Å². The summed E-state index contributed by atoms with van der Waals surface area (Å²) in [6.45, 7) is 0.988. The van der Waals surface area contributed by atoms with Crippen LogP contribution in [0.1, 0.15) is 18.4 Å². The molecule has 100 valence electrons. The Labute approximate surface area is 112 Å². The molecule has 1 heterocycles. The maximum absolute atomic E-state index is 12.1. The molecule has 0 aromatic heterocycles. The molecule has 1 aliphatic heterocycles. The zero-order valence-electron chi connectivity index (χ0n) is 10.7. The third-order valence-electron chi connectivity index (χ3n) is 3.84. The molecule has 2 aliphatic rings. The SMILES string of the molecule is O=C(NCC1(CO)CC1)C1=Cc2ccccc2OC1. The number of aliphatic hydroxyl groups excluding tert-OH is 1. The third kappa shape index (κ3) is 2.49. The van der Waals surface area contributed by atoms with Crippen molar-refractivity contribution in [2.45, 2.75) is 12.8 Å².